The molecule has 0 saturated carbocycles. The number of rotatable bonds is 6. The van der Waals surface area contributed by atoms with Crippen molar-refractivity contribution in [3.63, 3.8) is 0 Å². The Bertz CT molecular complexity index is 949. The molecule has 1 saturated heterocycles. The smallest absolute Gasteiger partial charge is 0.264 e. The Morgan fingerprint density at radius 3 is 2.29 bits per heavy atom. The Labute approximate surface area is 166 Å². The molecular formula is C21H26N2O4S. The lowest BCUT2D eigenvalue weighted by Gasteiger charge is -2.19. The molecule has 0 N–H and O–H groups in total. The molecular weight excluding hydrogens is 376 g/mol. The number of carbonyl (C=O) groups is 1. The van der Waals surface area contributed by atoms with Gasteiger partial charge in [-0.05, 0) is 74.2 Å². The summed E-state index contributed by atoms with van der Waals surface area (Å²) in [7, 11) is -1.73. The maximum atomic E-state index is 12.5. The topological polar surface area (TPSA) is 66.9 Å². The van der Waals surface area contributed by atoms with Crippen molar-refractivity contribution >= 4 is 21.6 Å². The van der Waals surface area contributed by atoms with E-state index in [-0.39, 0.29) is 17.4 Å². The monoisotopic (exact) mass is 402 g/mol. The van der Waals surface area contributed by atoms with Crippen LogP contribution in [0.25, 0.3) is 0 Å². The lowest BCUT2D eigenvalue weighted by Crippen LogP contribution is -2.31. The highest BCUT2D eigenvalue weighted by molar-refractivity contribution is 7.89. The van der Waals surface area contributed by atoms with Crippen molar-refractivity contribution in [2.24, 2.45) is 0 Å². The van der Waals surface area contributed by atoms with E-state index < -0.39 is 10.0 Å². The second kappa shape index (κ2) is 8.32. The third-order valence-electron chi connectivity index (χ3n) is 5.14. The van der Waals surface area contributed by atoms with Gasteiger partial charge >= 0.3 is 0 Å². The van der Waals surface area contributed by atoms with Crippen LogP contribution in [-0.2, 0) is 14.8 Å². The highest BCUT2D eigenvalue weighted by Crippen LogP contribution is 2.23. The van der Waals surface area contributed by atoms with Crippen molar-refractivity contribution in [2.75, 3.05) is 31.6 Å². The Morgan fingerprint density at radius 2 is 1.68 bits per heavy atom. The number of hydrogen-bond acceptors (Lipinski definition) is 4. The van der Waals surface area contributed by atoms with Gasteiger partial charge in [-0.1, -0.05) is 6.07 Å². The molecule has 0 aliphatic carbocycles. The first-order chi connectivity index (χ1) is 13.3. The van der Waals surface area contributed by atoms with E-state index in [2.05, 4.69) is 0 Å². The van der Waals surface area contributed by atoms with Gasteiger partial charge in [0, 0.05) is 25.8 Å². The largest absolute Gasteiger partial charge is 0.484 e. The van der Waals surface area contributed by atoms with Crippen molar-refractivity contribution in [1.29, 1.82) is 0 Å². The number of aryl methyl sites for hydroxylation is 2. The first-order valence-electron chi connectivity index (χ1n) is 9.36. The van der Waals surface area contributed by atoms with Crippen LogP contribution in [0.5, 0.6) is 5.75 Å². The summed E-state index contributed by atoms with van der Waals surface area (Å²) in [6, 6.07) is 12.1. The first-order valence-corrected chi connectivity index (χ1v) is 10.8. The molecule has 0 aromatic heterocycles. The van der Waals surface area contributed by atoms with Gasteiger partial charge in [-0.25, -0.2) is 8.42 Å². The van der Waals surface area contributed by atoms with E-state index in [0.717, 1.165) is 24.1 Å². The van der Waals surface area contributed by atoms with Gasteiger partial charge in [-0.2, -0.15) is 4.31 Å². The van der Waals surface area contributed by atoms with Gasteiger partial charge in [-0.3, -0.25) is 4.79 Å². The quantitative estimate of drug-likeness (QED) is 0.745. The number of carbonyl (C=O) groups excluding carboxylic acids is 1. The molecule has 6 nitrogen and oxygen atoms in total. The molecule has 7 heteroatoms. The summed E-state index contributed by atoms with van der Waals surface area (Å²) in [6.07, 6.45) is 1.80. The zero-order valence-electron chi connectivity index (χ0n) is 16.5. The van der Waals surface area contributed by atoms with E-state index >= 15 is 0 Å². The summed E-state index contributed by atoms with van der Waals surface area (Å²) in [5.41, 5.74) is 3.10. The predicted molar refractivity (Wildman–Crippen MR) is 109 cm³/mol. The first kappa shape index (κ1) is 20.4. The molecule has 150 valence electrons. The molecule has 1 fully saturated rings. The zero-order chi connectivity index (χ0) is 20.3. The van der Waals surface area contributed by atoms with Crippen molar-refractivity contribution in [2.45, 2.75) is 31.6 Å². The lowest BCUT2D eigenvalue weighted by molar-refractivity contribution is -0.120. The molecule has 0 unspecified atom stereocenters. The molecule has 1 aliphatic rings. The van der Waals surface area contributed by atoms with Gasteiger partial charge in [0.15, 0.2) is 6.61 Å². The summed E-state index contributed by atoms with van der Waals surface area (Å²) in [5.74, 6) is 0.277. The number of amides is 1. The third kappa shape index (κ3) is 4.36. The van der Waals surface area contributed by atoms with Crippen LogP contribution >= 0.6 is 0 Å². The van der Waals surface area contributed by atoms with Gasteiger partial charge in [0.25, 0.3) is 5.91 Å². The number of nitrogens with zero attached hydrogens (tertiary/aromatic N) is 2. The van der Waals surface area contributed by atoms with Crippen LogP contribution in [-0.4, -0.2) is 45.4 Å². The Kier molecular flexibility index (Phi) is 6.05. The Morgan fingerprint density at radius 1 is 1.04 bits per heavy atom. The average molecular weight is 403 g/mol. The van der Waals surface area contributed by atoms with Crippen LogP contribution in [0.15, 0.2) is 47.4 Å². The minimum absolute atomic E-state index is 0.123. The molecule has 0 atom stereocenters. The highest BCUT2D eigenvalue weighted by Gasteiger charge is 2.27. The van der Waals surface area contributed by atoms with Crippen LogP contribution in [0.3, 0.4) is 0 Å². The maximum Gasteiger partial charge on any atom is 0.264 e. The third-order valence-corrected chi connectivity index (χ3v) is 7.05. The van der Waals surface area contributed by atoms with Crippen molar-refractivity contribution in [1.82, 2.24) is 4.31 Å². The predicted octanol–water partition coefficient (Wildman–Crippen LogP) is 3.13. The molecule has 0 spiro atoms. The van der Waals surface area contributed by atoms with Crippen LogP contribution in [0.1, 0.15) is 24.0 Å². The van der Waals surface area contributed by atoms with Crippen LogP contribution in [0.4, 0.5) is 5.69 Å². The van der Waals surface area contributed by atoms with E-state index in [1.807, 2.05) is 32.0 Å². The van der Waals surface area contributed by atoms with Crippen LogP contribution < -0.4 is 9.64 Å². The van der Waals surface area contributed by atoms with Gasteiger partial charge in [-0.15, -0.1) is 0 Å². The molecule has 2 aromatic carbocycles. The fraction of sp³-hybridized carbons (Fsp3) is 0.381. The summed E-state index contributed by atoms with van der Waals surface area (Å²) in [5, 5.41) is 0. The van der Waals surface area contributed by atoms with Gasteiger partial charge in [0.1, 0.15) is 5.75 Å². The van der Waals surface area contributed by atoms with E-state index in [4.69, 9.17) is 4.74 Å². The SMILES string of the molecule is Cc1ccc(N(C)C(=O)COc2ccc(S(=O)(=O)N3CCCC3)cc2)cc1C. The molecule has 2 aromatic rings. The summed E-state index contributed by atoms with van der Waals surface area (Å²) >= 11 is 0. The number of sulfonamides is 1. The van der Waals surface area contributed by atoms with E-state index in [1.165, 1.54) is 22.0 Å². The average Bonchev–Trinajstić information content (AvgIpc) is 3.24. The normalized spacial score (nSPS) is 14.8. The molecule has 3 rings (SSSR count). The molecule has 1 heterocycles. The van der Waals surface area contributed by atoms with Gasteiger partial charge in [0.2, 0.25) is 10.0 Å². The van der Waals surface area contributed by atoms with Crippen LogP contribution in [0.2, 0.25) is 0 Å². The second-order valence-electron chi connectivity index (χ2n) is 7.09. The molecule has 28 heavy (non-hydrogen) atoms. The Hall–Kier alpha value is -2.38. The molecule has 1 amide bonds. The van der Waals surface area contributed by atoms with E-state index in [9.17, 15) is 13.2 Å². The number of hydrogen-bond donors (Lipinski definition) is 0. The molecule has 1 aliphatic heterocycles. The van der Waals surface area contributed by atoms with Crippen molar-refractivity contribution in [3.8, 4) is 5.75 Å². The highest BCUT2D eigenvalue weighted by atomic mass is 32.2. The summed E-state index contributed by atoms with van der Waals surface area (Å²) in [4.78, 5) is 14.2. The minimum Gasteiger partial charge on any atom is -0.484 e. The Balaban J connectivity index is 1.61. The van der Waals surface area contributed by atoms with E-state index in [1.54, 1.807) is 24.1 Å². The fourth-order valence-corrected chi connectivity index (χ4v) is 4.62. The fourth-order valence-electron chi connectivity index (χ4n) is 3.11. The minimum atomic E-state index is -3.44. The van der Waals surface area contributed by atoms with E-state index in [0.29, 0.717) is 18.8 Å². The van der Waals surface area contributed by atoms with Crippen molar-refractivity contribution in [3.05, 3.63) is 53.6 Å². The standard InChI is InChI=1S/C21H26N2O4S/c1-16-6-7-18(14-17(16)2)22(3)21(24)15-27-19-8-10-20(11-9-19)28(25,26)23-12-4-5-13-23/h6-11,14H,4-5,12-13,15H2,1-3H3. The second-order valence-corrected chi connectivity index (χ2v) is 9.03. The number of ether oxygens (including phenoxy) is 1. The zero-order valence-corrected chi connectivity index (χ0v) is 17.3. The van der Waals surface area contributed by atoms with Crippen LogP contribution in [0, 0.1) is 13.8 Å². The lowest BCUT2D eigenvalue weighted by atomic mass is 10.1. The molecule has 0 bridgehead atoms. The summed E-state index contributed by atoms with van der Waals surface area (Å²) in [6.45, 7) is 5.05. The van der Waals surface area contributed by atoms with Gasteiger partial charge < -0.3 is 9.64 Å². The number of benzene rings is 2. The van der Waals surface area contributed by atoms with Gasteiger partial charge in [0.05, 0.1) is 4.90 Å². The molecule has 0 radical (unpaired) electrons. The number of likely N-dealkylation sites (N-methyl/N-ethyl adjacent to an activating group) is 1. The van der Waals surface area contributed by atoms with Crippen molar-refractivity contribution < 1.29 is 17.9 Å². The maximum absolute atomic E-state index is 12.5. The summed E-state index contributed by atoms with van der Waals surface area (Å²) < 4.78 is 32.1. The number of anilines is 1.